The van der Waals surface area contributed by atoms with Crippen LogP contribution in [0.25, 0.3) is 0 Å². The molecule has 2 nitrogen and oxygen atoms in total. The molecule has 0 fully saturated rings. The third kappa shape index (κ3) is 2.21. The molecule has 0 spiro atoms. The third-order valence-corrected chi connectivity index (χ3v) is 2.11. The van der Waals surface area contributed by atoms with Crippen LogP contribution in [0.2, 0.25) is 5.02 Å². The smallest absolute Gasteiger partial charge is 0.0442 e. The fraction of sp³-hybridized carbons (Fsp3) is 0.333. The first-order chi connectivity index (χ1) is 5.77. The minimum Gasteiger partial charge on any atom is -0.329 e. The summed E-state index contributed by atoms with van der Waals surface area (Å²) in [6.07, 6.45) is 0. The topological polar surface area (TPSA) is 38.0 Å². The molecule has 66 valence electrons. The van der Waals surface area contributed by atoms with E-state index in [4.69, 9.17) is 17.3 Å². The van der Waals surface area contributed by atoms with Crippen LogP contribution in [0, 0.1) is 0 Å². The lowest BCUT2D eigenvalue weighted by atomic mass is 10.1. The Bertz CT molecular complexity index is 229. The minimum atomic E-state index is 0.224. The molecule has 0 saturated heterocycles. The van der Waals surface area contributed by atoms with Gasteiger partial charge < -0.3 is 11.1 Å². The summed E-state index contributed by atoms with van der Waals surface area (Å²) in [6, 6.07) is 7.93. The average Bonchev–Trinajstić information content (AvgIpc) is 2.10. The van der Waals surface area contributed by atoms with Crippen molar-refractivity contribution in [2.45, 2.75) is 6.04 Å². The molecule has 0 amide bonds. The average molecular weight is 185 g/mol. The number of nitrogens with one attached hydrogen (secondary N) is 1. The van der Waals surface area contributed by atoms with Crippen LogP contribution in [0.4, 0.5) is 0 Å². The van der Waals surface area contributed by atoms with E-state index in [9.17, 15) is 0 Å². The summed E-state index contributed by atoms with van der Waals surface area (Å²) in [4.78, 5) is 0. The molecule has 0 aliphatic rings. The summed E-state index contributed by atoms with van der Waals surface area (Å²) < 4.78 is 0. The van der Waals surface area contributed by atoms with Gasteiger partial charge in [-0.2, -0.15) is 0 Å². The zero-order valence-corrected chi connectivity index (χ0v) is 7.81. The predicted molar refractivity (Wildman–Crippen MR) is 52.3 cm³/mol. The van der Waals surface area contributed by atoms with E-state index < -0.39 is 0 Å². The normalized spacial score (nSPS) is 12.9. The Morgan fingerprint density at radius 1 is 1.42 bits per heavy atom. The number of benzene rings is 1. The van der Waals surface area contributed by atoms with Gasteiger partial charge in [-0.15, -0.1) is 0 Å². The predicted octanol–water partition coefficient (Wildman–Crippen LogP) is 1.56. The number of halogens is 1. The van der Waals surface area contributed by atoms with Crippen molar-refractivity contribution in [3.63, 3.8) is 0 Å². The fourth-order valence-corrected chi connectivity index (χ4v) is 1.24. The van der Waals surface area contributed by atoms with Gasteiger partial charge in [-0.1, -0.05) is 23.7 Å². The highest BCUT2D eigenvalue weighted by molar-refractivity contribution is 6.30. The second-order valence-corrected chi connectivity index (χ2v) is 3.06. The number of nitrogens with two attached hydrogens (primary N) is 1. The SMILES string of the molecule is CNC(CN)c1ccc(Cl)cc1. The number of likely N-dealkylation sites (N-methyl/N-ethyl adjacent to an activating group) is 1. The third-order valence-electron chi connectivity index (χ3n) is 1.86. The van der Waals surface area contributed by atoms with E-state index in [0.29, 0.717) is 6.54 Å². The van der Waals surface area contributed by atoms with Crippen LogP contribution >= 0.6 is 11.6 Å². The van der Waals surface area contributed by atoms with Crippen LogP contribution in [-0.2, 0) is 0 Å². The number of hydrogen-bond donors (Lipinski definition) is 2. The molecule has 0 aliphatic carbocycles. The molecule has 0 radical (unpaired) electrons. The van der Waals surface area contributed by atoms with E-state index >= 15 is 0 Å². The van der Waals surface area contributed by atoms with Gasteiger partial charge in [0.05, 0.1) is 0 Å². The molecule has 0 aliphatic heterocycles. The Labute approximate surface area is 77.7 Å². The van der Waals surface area contributed by atoms with Crippen LogP contribution in [0.15, 0.2) is 24.3 Å². The highest BCUT2D eigenvalue weighted by atomic mass is 35.5. The van der Waals surface area contributed by atoms with Crippen LogP contribution in [0.3, 0.4) is 0 Å². The molecule has 1 rings (SSSR count). The van der Waals surface area contributed by atoms with Crippen molar-refractivity contribution < 1.29 is 0 Å². The van der Waals surface area contributed by atoms with Crippen molar-refractivity contribution in [1.29, 1.82) is 0 Å². The standard InChI is InChI=1S/C9H13ClN2/c1-12-9(6-11)7-2-4-8(10)5-3-7/h2-5,9,12H,6,11H2,1H3. The highest BCUT2D eigenvalue weighted by Gasteiger charge is 2.04. The second-order valence-electron chi connectivity index (χ2n) is 2.63. The maximum atomic E-state index is 5.75. The molecule has 1 atom stereocenters. The number of rotatable bonds is 3. The van der Waals surface area contributed by atoms with Crippen molar-refractivity contribution in [1.82, 2.24) is 5.32 Å². The van der Waals surface area contributed by atoms with Gasteiger partial charge in [0.15, 0.2) is 0 Å². The molecule has 3 N–H and O–H groups in total. The van der Waals surface area contributed by atoms with Gasteiger partial charge in [-0.3, -0.25) is 0 Å². The molecule has 1 aromatic rings. The van der Waals surface area contributed by atoms with Crippen molar-refractivity contribution in [3.8, 4) is 0 Å². The Morgan fingerprint density at radius 3 is 2.42 bits per heavy atom. The van der Waals surface area contributed by atoms with E-state index in [1.54, 1.807) is 0 Å². The van der Waals surface area contributed by atoms with Crippen LogP contribution in [0.5, 0.6) is 0 Å². The van der Waals surface area contributed by atoms with E-state index in [1.807, 2.05) is 31.3 Å². The van der Waals surface area contributed by atoms with Crippen molar-refractivity contribution in [3.05, 3.63) is 34.9 Å². The zero-order chi connectivity index (χ0) is 8.97. The lowest BCUT2D eigenvalue weighted by Gasteiger charge is -2.13. The molecule has 1 aromatic carbocycles. The Balaban J connectivity index is 2.80. The molecule has 3 heteroatoms. The molecule has 0 aromatic heterocycles. The van der Waals surface area contributed by atoms with Crippen molar-refractivity contribution in [2.24, 2.45) is 5.73 Å². The van der Waals surface area contributed by atoms with Crippen LogP contribution in [0.1, 0.15) is 11.6 Å². The maximum absolute atomic E-state index is 5.75. The van der Waals surface area contributed by atoms with Crippen molar-refractivity contribution in [2.75, 3.05) is 13.6 Å². The second kappa shape index (κ2) is 4.45. The Kier molecular flexibility index (Phi) is 3.53. The van der Waals surface area contributed by atoms with Gasteiger partial charge >= 0.3 is 0 Å². The fourth-order valence-electron chi connectivity index (χ4n) is 1.12. The van der Waals surface area contributed by atoms with E-state index in [0.717, 1.165) is 5.02 Å². The van der Waals surface area contributed by atoms with Gasteiger partial charge in [0.25, 0.3) is 0 Å². The molecule has 0 heterocycles. The summed E-state index contributed by atoms with van der Waals surface area (Å²) in [7, 11) is 1.89. The first kappa shape index (κ1) is 9.52. The maximum Gasteiger partial charge on any atom is 0.0442 e. The van der Waals surface area contributed by atoms with Gasteiger partial charge in [0, 0.05) is 17.6 Å². The largest absolute Gasteiger partial charge is 0.329 e. The zero-order valence-electron chi connectivity index (χ0n) is 7.05. The first-order valence-corrected chi connectivity index (χ1v) is 4.28. The van der Waals surface area contributed by atoms with E-state index in [-0.39, 0.29) is 6.04 Å². The molecule has 12 heavy (non-hydrogen) atoms. The van der Waals surface area contributed by atoms with Crippen LogP contribution in [-0.4, -0.2) is 13.6 Å². The minimum absolute atomic E-state index is 0.224. The van der Waals surface area contributed by atoms with E-state index in [1.165, 1.54) is 5.56 Å². The molecular formula is C9H13ClN2. The summed E-state index contributed by atoms with van der Waals surface area (Å²) in [5.74, 6) is 0. The summed E-state index contributed by atoms with van der Waals surface area (Å²) in [5, 5.41) is 3.87. The van der Waals surface area contributed by atoms with Crippen molar-refractivity contribution >= 4 is 11.6 Å². The van der Waals surface area contributed by atoms with Gasteiger partial charge in [0.1, 0.15) is 0 Å². The molecule has 0 saturated carbocycles. The number of hydrogen-bond acceptors (Lipinski definition) is 2. The summed E-state index contributed by atoms with van der Waals surface area (Å²) in [5.41, 5.74) is 6.73. The molecule has 0 bridgehead atoms. The molecule has 1 unspecified atom stereocenters. The summed E-state index contributed by atoms with van der Waals surface area (Å²) in [6.45, 7) is 0.595. The molecular weight excluding hydrogens is 172 g/mol. The van der Waals surface area contributed by atoms with Gasteiger partial charge in [-0.05, 0) is 24.7 Å². The monoisotopic (exact) mass is 184 g/mol. The van der Waals surface area contributed by atoms with Gasteiger partial charge in [-0.25, -0.2) is 0 Å². The lowest BCUT2D eigenvalue weighted by molar-refractivity contribution is 0.606. The lowest BCUT2D eigenvalue weighted by Crippen LogP contribution is -2.24. The Hall–Kier alpha value is -0.570. The Morgan fingerprint density at radius 2 is 2.00 bits per heavy atom. The van der Waals surface area contributed by atoms with Crippen LogP contribution < -0.4 is 11.1 Å². The van der Waals surface area contributed by atoms with E-state index in [2.05, 4.69) is 5.32 Å². The highest BCUT2D eigenvalue weighted by Crippen LogP contribution is 2.14. The van der Waals surface area contributed by atoms with Gasteiger partial charge in [0.2, 0.25) is 0 Å². The quantitative estimate of drug-likeness (QED) is 0.749. The summed E-state index contributed by atoms with van der Waals surface area (Å²) >= 11 is 5.75. The first-order valence-electron chi connectivity index (χ1n) is 3.90.